The van der Waals surface area contributed by atoms with E-state index >= 15 is 0 Å². The standard InChI is InChI=1S/C14H18N2O3/c1-4-13-15-10-8-12(19-6-3)11(18-5-2)7-9(10)14(17)16-13/h7-8H,4-6H2,1-3H3,(H,15,16,17). The summed E-state index contributed by atoms with van der Waals surface area (Å²) in [6, 6.07) is 3.45. The third-order valence-electron chi connectivity index (χ3n) is 2.75. The van der Waals surface area contributed by atoms with Gasteiger partial charge in [0.15, 0.2) is 11.5 Å². The highest BCUT2D eigenvalue weighted by Crippen LogP contribution is 2.30. The predicted molar refractivity (Wildman–Crippen MR) is 74.1 cm³/mol. The molecule has 2 aromatic rings. The SMILES string of the molecule is CCOc1cc2nc(CC)[nH]c(=O)c2cc1OCC. The van der Waals surface area contributed by atoms with Crippen LogP contribution in [0.4, 0.5) is 0 Å². The number of fused-ring (bicyclic) bond motifs is 1. The zero-order chi connectivity index (χ0) is 13.8. The molecular weight excluding hydrogens is 244 g/mol. The molecule has 1 aromatic heterocycles. The average Bonchev–Trinajstić information content (AvgIpc) is 2.40. The highest BCUT2D eigenvalue weighted by molar-refractivity contribution is 5.81. The molecule has 0 saturated heterocycles. The van der Waals surface area contributed by atoms with Crippen LogP contribution in [-0.2, 0) is 6.42 Å². The number of hydrogen-bond acceptors (Lipinski definition) is 4. The van der Waals surface area contributed by atoms with Crippen LogP contribution in [0.3, 0.4) is 0 Å². The van der Waals surface area contributed by atoms with Gasteiger partial charge in [0.05, 0.1) is 24.1 Å². The molecule has 102 valence electrons. The van der Waals surface area contributed by atoms with Crippen LogP contribution in [0.5, 0.6) is 11.5 Å². The lowest BCUT2D eigenvalue weighted by atomic mass is 10.2. The van der Waals surface area contributed by atoms with Crippen molar-refractivity contribution in [1.82, 2.24) is 9.97 Å². The molecule has 0 aliphatic rings. The van der Waals surface area contributed by atoms with E-state index in [-0.39, 0.29) is 5.56 Å². The molecule has 0 bridgehead atoms. The number of aromatic amines is 1. The summed E-state index contributed by atoms with van der Waals surface area (Å²) in [5, 5.41) is 0.518. The van der Waals surface area contributed by atoms with Crippen molar-refractivity contribution in [3.63, 3.8) is 0 Å². The minimum atomic E-state index is -0.147. The fourth-order valence-electron chi connectivity index (χ4n) is 1.90. The smallest absolute Gasteiger partial charge is 0.258 e. The van der Waals surface area contributed by atoms with Crippen LogP contribution in [0.15, 0.2) is 16.9 Å². The van der Waals surface area contributed by atoms with E-state index in [1.54, 1.807) is 12.1 Å². The molecule has 0 unspecified atom stereocenters. The summed E-state index contributed by atoms with van der Waals surface area (Å²) in [5.41, 5.74) is 0.485. The fraction of sp³-hybridized carbons (Fsp3) is 0.429. The van der Waals surface area contributed by atoms with Gasteiger partial charge in [-0.15, -0.1) is 0 Å². The normalized spacial score (nSPS) is 10.7. The van der Waals surface area contributed by atoms with Crippen molar-refractivity contribution in [2.24, 2.45) is 0 Å². The van der Waals surface area contributed by atoms with E-state index in [0.717, 1.165) is 0 Å². The Bertz CT molecular complexity index is 634. The highest BCUT2D eigenvalue weighted by atomic mass is 16.5. The first kappa shape index (κ1) is 13.4. The number of hydrogen-bond donors (Lipinski definition) is 1. The second-order valence-electron chi connectivity index (χ2n) is 4.05. The van der Waals surface area contributed by atoms with Crippen molar-refractivity contribution >= 4 is 10.9 Å². The molecule has 2 rings (SSSR count). The van der Waals surface area contributed by atoms with Gasteiger partial charge in [-0.2, -0.15) is 0 Å². The number of aryl methyl sites for hydroxylation is 1. The molecule has 0 radical (unpaired) electrons. The maximum absolute atomic E-state index is 12.0. The van der Waals surface area contributed by atoms with Crippen LogP contribution in [0, 0.1) is 0 Å². The number of rotatable bonds is 5. The van der Waals surface area contributed by atoms with Crippen molar-refractivity contribution in [2.45, 2.75) is 27.2 Å². The van der Waals surface area contributed by atoms with Crippen molar-refractivity contribution in [3.05, 3.63) is 28.3 Å². The molecule has 5 nitrogen and oxygen atoms in total. The van der Waals surface area contributed by atoms with Crippen LogP contribution in [0.2, 0.25) is 0 Å². The first-order valence-corrected chi connectivity index (χ1v) is 6.52. The molecule has 5 heteroatoms. The number of aromatic nitrogens is 2. The number of nitrogens with zero attached hydrogens (tertiary/aromatic N) is 1. The number of H-pyrrole nitrogens is 1. The molecule has 19 heavy (non-hydrogen) atoms. The second-order valence-corrected chi connectivity index (χ2v) is 4.05. The van der Waals surface area contributed by atoms with Crippen molar-refractivity contribution in [3.8, 4) is 11.5 Å². The van der Waals surface area contributed by atoms with Crippen molar-refractivity contribution in [1.29, 1.82) is 0 Å². The predicted octanol–water partition coefficient (Wildman–Crippen LogP) is 2.28. The molecule has 0 amide bonds. The first-order valence-electron chi connectivity index (χ1n) is 6.52. The average molecular weight is 262 g/mol. The summed E-state index contributed by atoms with van der Waals surface area (Å²) in [6.07, 6.45) is 0.683. The fourth-order valence-corrected chi connectivity index (χ4v) is 1.90. The molecule has 1 heterocycles. The zero-order valence-electron chi connectivity index (χ0n) is 11.4. The summed E-state index contributed by atoms with van der Waals surface area (Å²) >= 11 is 0. The summed E-state index contributed by atoms with van der Waals surface area (Å²) in [5.74, 6) is 1.87. The van der Waals surface area contributed by atoms with E-state index in [2.05, 4.69) is 9.97 Å². The van der Waals surface area contributed by atoms with Gasteiger partial charge in [0, 0.05) is 12.5 Å². The lowest BCUT2D eigenvalue weighted by Gasteiger charge is -2.11. The number of ether oxygens (including phenoxy) is 2. The molecule has 0 aliphatic carbocycles. The molecule has 0 fully saturated rings. The van der Waals surface area contributed by atoms with Gasteiger partial charge >= 0.3 is 0 Å². The van der Waals surface area contributed by atoms with Gasteiger partial charge in [-0.05, 0) is 19.9 Å². The number of benzene rings is 1. The number of nitrogens with one attached hydrogen (secondary N) is 1. The molecule has 0 spiro atoms. The quantitative estimate of drug-likeness (QED) is 0.897. The monoisotopic (exact) mass is 262 g/mol. The van der Waals surface area contributed by atoms with Crippen molar-refractivity contribution in [2.75, 3.05) is 13.2 Å². The summed E-state index contributed by atoms with van der Waals surface area (Å²) in [7, 11) is 0. The first-order chi connectivity index (χ1) is 9.19. The molecule has 0 aliphatic heterocycles. The van der Waals surface area contributed by atoms with Gasteiger partial charge in [0.25, 0.3) is 5.56 Å². The van der Waals surface area contributed by atoms with E-state index in [1.807, 2.05) is 20.8 Å². The Balaban J connectivity index is 2.65. The Morgan fingerprint density at radius 1 is 1.11 bits per heavy atom. The summed E-state index contributed by atoms with van der Waals surface area (Å²) in [6.45, 7) is 6.80. The largest absolute Gasteiger partial charge is 0.490 e. The Labute approximate surface area is 111 Å². The van der Waals surface area contributed by atoms with Gasteiger partial charge in [0.2, 0.25) is 0 Å². The zero-order valence-corrected chi connectivity index (χ0v) is 11.4. The van der Waals surface area contributed by atoms with Gasteiger partial charge in [-0.3, -0.25) is 4.79 Å². The van der Waals surface area contributed by atoms with Gasteiger partial charge in [-0.1, -0.05) is 6.92 Å². The van der Waals surface area contributed by atoms with E-state index in [0.29, 0.717) is 47.9 Å². The van der Waals surface area contributed by atoms with E-state index in [1.165, 1.54) is 0 Å². The van der Waals surface area contributed by atoms with Gasteiger partial charge in [-0.25, -0.2) is 4.98 Å². The Morgan fingerprint density at radius 2 is 1.74 bits per heavy atom. The van der Waals surface area contributed by atoms with Crippen molar-refractivity contribution < 1.29 is 9.47 Å². The maximum atomic E-state index is 12.0. The van der Waals surface area contributed by atoms with Gasteiger partial charge in [0.1, 0.15) is 5.82 Å². The van der Waals surface area contributed by atoms with E-state index in [9.17, 15) is 4.79 Å². The molecule has 1 aromatic carbocycles. The minimum Gasteiger partial charge on any atom is -0.490 e. The van der Waals surface area contributed by atoms with Crippen LogP contribution >= 0.6 is 0 Å². The molecular formula is C14H18N2O3. The van der Waals surface area contributed by atoms with E-state index < -0.39 is 0 Å². The Kier molecular flexibility index (Phi) is 4.04. The summed E-state index contributed by atoms with van der Waals surface area (Å²) < 4.78 is 11.0. The van der Waals surface area contributed by atoms with Gasteiger partial charge < -0.3 is 14.5 Å². The highest BCUT2D eigenvalue weighted by Gasteiger charge is 2.11. The molecule has 0 saturated carbocycles. The third kappa shape index (κ3) is 2.70. The minimum absolute atomic E-state index is 0.147. The maximum Gasteiger partial charge on any atom is 0.258 e. The second kappa shape index (κ2) is 5.73. The van der Waals surface area contributed by atoms with E-state index in [4.69, 9.17) is 9.47 Å². The van der Waals surface area contributed by atoms with Crippen LogP contribution in [0.25, 0.3) is 10.9 Å². The Morgan fingerprint density at radius 3 is 2.32 bits per heavy atom. The van der Waals surface area contributed by atoms with Crippen LogP contribution in [0.1, 0.15) is 26.6 Å². The molecule has 1 N–H and O–H groups in total. The molecule has 0 atom stereocenters. The Hall–Kier alpha value is -2.04. The summed E-state index contributed by atoms with van der Waals surface area (Å²) in [4.78, 5) is 19.2. The van der Waals surface area contributed by atoms with Crippen LogP contribution < -0.4 is 15.0 Å². The topological polar surface area (TPSA) is 64.2 Å². The lowest BCUT2D eigenvalue weighted by Crippen LogP contribution is -2.12. The third-order valence-corrected chi connectivity index (χ3v) is 2.75. The van der Waals surface area contributed by atoms with Crippen LogP contribution in [-0.4, -0.2) is 23.2 Å². The lowest BCUT2D eigenvalue weighted by molar-refractivity contribution is 0.288.